The van der Waals surface area contributed by atoms with Gasteiger partial charge in [0.25, 0.3) is 5.91 Å². The van der Waals surface area contributed by atoms with Crippen molar-refractivity contribution in [2.45, 2.75) is 25.7 Å². The number of hydrogen-bond donors (Lipinski definition) is 0. The van der Waals surface area contributed by atoms with Crippen molar-refractivity contribution in [3.63, 3.8) is 0 Å². The molecule has 1 aromatic carbocycles. The maximum atomic E-state index is 12.6. The third-order valence-corrected chi connectivity index (χ3v) is 6.33. The summed E-state index contributed by atoms with van der Waals surface area (Å²) in [6.45, 7) is 0.919. The topological polar surface area (TPSA) is 20.3 Å². The summed E-state index contributed by atoms with van der Waals surface area (Å²) in [7, 11) is 1.95. The summed E-state index contributed by atoms with van der Waals surface area (Å²) in [4.78, 5) is 14.5. The molecule has 2 aliphatic rings. The van der Waals surface area contributed by atoms with Crippen molar-refractivity contribution in [1.29, 1.82) is 0 Å². The molecule has 1 amide bonds. The Morgan fingerprint density at radius 3 is 2.85 bits per heavy atom. The zero-order valence-corrected chi connectivity index (χ0v) is 15.4. The highest BCUT2D eigenvalue weighted by Gasteiger charge is 2.40. The van der Waals surface area contributed by atoms with Crippen molar-refractivity contribution in [2.75, 3.05) is 13.6 Å². The van der Waals surface area contributed by atoms with Gasteiger partial charge in [-0.2, -0.15) is 0 Å². The van der Waals surface area contributed by atoms with Crippen molar-refractivity contribution in [1.82, 2.24) is 4.90 Å². The first-order chi connectivity index (χ1) is 9.54. The number of nitrogens with zero attached hydrogens (tertiary/aromatic N) is 1. The molecule has 2 bridgehead atoms. The van der Waals surface area contributed by atoms with Gasteiger partial charge in [0.15, 0.2) is 0 Å². The number of halogens is 2. The van der Waals surface area contributed by atoms with Crippen LogP contribution in [-0.4, -0.2) is 24.4 Å². The third kappa shape index (κ3) is 2.91. The lowest BCUT2D eigenvalue weighted by Gasteiger charge is -2.27. The second-order valence-corrected chi connectivity index (χ2v) is 8.32. The molecular weight excluding hydrogens is 429 g/mol. The van der Waals surface area contributed by atoms with Gasteiger partial charge in [0.1, 0.15) is 0 Å². The number of carbonyl (C=O) groups is 1. The van der Waals surface area contributed by atoms with Gasteiger partial charge in [-0.1, -0.05) is 22.4 Å². The number of benzene rings is 1. The zero-order chi connectivity index (χ0) is 14.3. The molecule has 3 unspecified atom stereocenters. The maximum absolute atomic E-state index is 12.6. The summed E-state index contributed by atoms with van der Waals surface area (Å²) < 4.78 is 1.99. The first-order valence-corrected chi connectivity index (χ1v) is 9.12. The molecule has 2 aliphatic carbocycles. The molecule has 3 atom stereocenters. The van der Waals surface area contributed by atoms with Crippen LogP contribution in [0, 0.1) is 21.3 Å². The van der Waals surface area contributed by atoms with Crippen molar-refractivity contribution in [3.8, 4) is 0 Å². The molecule has 108 valence electrons. The predicted octanol–water partition coefficient (Wildman–Crippen LogP) is 4.56. The lowest BCUT2D eigenvalue weighted by molar-refractivity contribution is 0.0753. The highest BCUT2D eigenvalue weighted by Crippen LogP contribution is 2.48. The van der Waals surface area contributed by atoms with Crippen molar-refractivity contribution in [3.05, 3.63) is 31.8 Å². The highest BCUT2D eigenvalue weighted by atomic mass is 127. The molecule has 0 aliphatic heterocycles. The van der Waals surface area contributed by atoms with Crippen LogP contribution < -0.4 is 0 Å². The van der Waals surface area contributed by atoms with Crippen LogP contribution in [0.1, 0.15) is 36.0 Å². The first kappa shape index (κ1) is 14.8. The monoisotopic (exact) mass is 447 g/mol. The molecule has 0 spiro atoms. The smallest absolute Gasteiger partial charge is 0.254 e. The normalized spacial score (nSPS) is 27.9. The first-order valence-electron chi connectivity index (χ1n) is 7.25. The predicted molar refractivity (Wildman–Crippen MR) is 92.8 cm³/mol. The fraction of sp³-hybridized carbons (Fsp3) is 0.562. The second-order valence-electron chi connectivity index (χ2n) is 6.24. The molecule has 2 fully saturated rings. The summed E-state index contributed by atoms with van der Waals surface area (Å²) in [5, 5.41) is 0. The quantitative estimate of drug-likeness (QED) is 0.622. The van der Waals surface area contributed by atoms with Gasteiger partial charge in [-0.15, -0.1) is 0 Å². The molecule has 0 saturated heterocycles. The summed E-state index contributed by atoms with van der Waals surface area (Å²) in [5.41, 5.74) is 0.811. The van der Waals surface area contributed by atoms with Crippen LogP contribution in [0.15, 0.2) is 22.7 Å². The van der Waals surface area contributed by atoms with E-state index in [9.17, 15) is 4.79 Å². The third-order valence-electron chi connectivity index (χ3n) is 4.90. The van der Waals surface area contributed by atoms with Gasteiger partial charge >= 0.3 is 0 Å². The van der Waals surface area contributed by atoms with Crippen molar-refractivity contribution in [2.24, 2.45) is 17.8 Å². The van der Waals surface area contributed by atoms with Crippen LogP contribution in [0.5, 0.6) is 0 Å². The Hall–Kier alpha value is -0.100. The van der Waals surface area contributed by atoms with Gasteiger partial charge < -0.3 is 4.90 Å². The molecule has 0 N–H and O–H groups in total. The van der Waals surface area contributed by atoms with E-state index in [1.54, 1.807) is 0 Å². The van der Waals surface area contributed by atoms with E-state index in [1.807, 2.05) is 30.1 Å². The zero-order valence-electron chi connectivity index (χ0n) is 11.6. The van der Waals surface area contributed by atoms with Crippen LogP contribution in [0.25, 0.3) is 0 Å². The van der Waals surface area contributed by atoms with Crippen LogP contribution in [0.4, 0.5) is 0 Å². The number of hydrogen-bond acceptors (Lipinski definition) is 1. The van der Waals surface area contributed by atoms with E-state index < -0.39 is 0 Å². The number of rotatable bonds is 3. The molecule has 4 heteroatoms. The fourth-order valence-electron chi connectivity index (χ4n) is 3.90. The van der Waals surface area contributed by atoms with E-state index >= 15 is 0 Å². The summed E-state index contributed by atoms with van der Waals surface area (Å²) in [6, 6.07) is 5.90. The Labute approximate surface area is 142 Å². The van der Waals surface area contributed by atoms with Gasteiger partial charge in [-0.05, 0) is 77.8 Å². The highest BCUT2D eigenvalue weighted by molar-refractivity contribution is 14.1. The van der Waals surface area contributed by atoms with Crippen LogP contribution in [0.2, 0.25) is 0 Å². The summed E-state index contributed by atoms with van der Waals surface area (Å²) in [5.74, 6) is 2.70. The molecule has 2 nitrogen and oxygen atoms in total. The van der Waals surface area contributed by atoms with Crippen LogP contribution in [0.3, 0.4) is 0 Å². The van der Waals surface area contributed by atoms with Crippen molar-refractivity contribution >= 4 is 44.4 Å². The fourth-order valence-corrected chi connectivity index (χ4v) is 4.83. The molecular formula is C16H19BrINO. The Bertz CT molecular complexity index is 533. The second kappa shape index (κ2) is 5.95. The molecule has 20 heavy (non-hydrogen) atoms. The summed E-state index contributed by atoms with van der Waals surface area (Å²) >= 11 is 5.69. The maximum Gasteiger partial charge on any atom is 0.254 e. The molecule has 1 aromatic rings. The molecule has 2 saturated carbocycles. The summed E-state index contributed by atoms with van der Waals surface area (Å²) in [6.07, 6.45) is 5.53. The lowest BCUT2D eigenvalue weighted by atomic mass is 9.88. The van der Waals surface area contributed by atoms with Gasteiger partial charge in [0.2, 0.25) is 0 Å². The van der Waals surface area contributed by atoms with E-state index in [-0.39, 0.29) is 5.91 Å². The van der Waals surface area contributed by atoms with Crippen molar-refractivity contribution < 1.29 is 4.79 Å². The molecule has 0 heterocycles. The van der Waals surface area contributed by atoms with Gasteiger partial charge in [0, 0.05) is 21.6 Å². The van der Waals surface area contributed by atoms with Crippen LogP contribution in [-0.2, 0) is 0 Å². The van der Waals surface area contributed by atoms with E-state index in [4.69, 9.17) is 0 Å². The Balaban J connectivity index is 1.69. The van der Waals surface area contributed by atoms with Crippen LogP contribution >= 0.6 is 38.5 Å². The van der Waals surface area contributed by atoms with Gasteiger partial charge in [-0.25, -0.2) is 0 Å². The largest absolute Gasteiger partial charge is 0.341 e. The van der Waals surface area contributed by atoms with E-state index in [1.165, 1.54) is 25.7 Å². The molecule has 3 rings (SSSR count). The van der Waals surface area contributed by atoms with Gasteiger partial charge in [0.05, 0.1) is 5.56 Å². The van der Waals surface area contributed by atoms with E-state index in [0.717, 1.165) is 37.9 Å². The lowest BCUT2D eigenvalue weighted by Crippen LogP contribution is -2.34. The SMILES string of the molecule is CN(CC1CC2CCC1C2)C(=O)c1cc(Br)ccc1I. The number of fused-ring (bicyclic) bond motifs is 2. The molecule has 0 aromatic heterocycles. The average Bonchev–Trinajstić information content (AvgIpc) is 3.03. The average molecular weight is 448 g/mol. The van der Waals surface area contributed by atoms with E-state index in [2.05, 4.69) is 38.5 Å². The minimum Gasteiger partial charge on any atom is -0.341 e. The minimum atomic E-state index is 0.151. The van der Waals surface area contributed by atoms with Gasteiger partial charge in [-0.3, -0.25) is 4.79 Å². The Morgan fingerprint density at radius 1 is 1.40 bits per heavy atom. The molecule has 0 radical (unpaired) electrons. The van der Waals surface area contributed by atoms with E-state index in [0.29, 0.717) is 0 Å². The standard InChI is InChI=1S/C16H19BrINO/c1-19(9-12-7-10-2-3-11(12)6-10)16(20)14-8-13(17)4-5-15(14)18/h4-5,8,10-12H,2-3,6-7,9H2,1H3. The number of amides is 1. The minimum absolute atomic E-state index is 0.151. The Morgan fingerprint density at radius 2 is 2.20 bits per heavy atom. The number of carbonyl (C=O) groups excluding carboxylic acids is 1. The Kier molecular flexibility index (Phi) is 4.41.